The first-order valence-electron chi connectivity index (χ1n) is 9.24. The highest BCUT2D eigenvalue weighted by molar-refractivity contribution is 5.95. The van der Waals surface area contributed by atoms with Crippen LogP contribution in [0.1, 0.15) is 34.2 Å². The summed E-state index contributed by atoms with van der Waals surface area (Å²) in [6, 6.07) is 9.14. The van der Waals surface area contributed by atoms with Crippen LogP contribution in [0.15, 0.2) is 55.0 Å². The number of aryl methyl sites for hydroxylation is 1. The molecule has 0 aliphatic carbocycles. The summed E-state index contributed by atoms with van der Waals surface area (Å²) in [6.07, 6.45) is 0.619. The van der Waals surface area contributed by atoms with Gasteiger partial charge in [-0.1, -0.05) is 0 Å². The molecule has 0 saturated carbocycles. The number of nitrogens with zero attached hydrogens (tertiary/aromatic N) is 5. The van der Waals surface area contributed by atoms with Gasteiger partial charge in [0.2, 0.25) is 0 Å². The summed E-state index contributed by atoms with van der Waals surface area (Å²) in [5.41, 5.74) is 1.85. The lowest BCUT2D eigenvalue weighted by Gasteiger charge is -2.12. The van der Waals surface area contributed by atoms with E-state index in [-0.39, 0.29) is 11.9 Å². The average Bonchev–Trinajstić information content (AvgIpc) is 3.43. The smallest absolute Gasteiger partial charge is 0.344 e. The van der Waals surface area contributed by atoms with Gasteiger partial charge in [0.05, 0.1) is 22.9 Å². The van der Waals surface area contributed by atoms with Crippen molar-refractivity contribution in [1.29, 1.82) is 0 Å². The predicted molar refractivity (Wildman–Crippen MR) is 100 cm³/mol. The Hall–Kier alpha value is -3.69. The Kier molecular flexibility index (Phi) is 4.09. The van der Waals surface area contributed by atoms with Crippen molar-refractivity contribution in [3.8, 4) is 11.3 Å². The van der Waals surface area contributed by atoms with E-state index in [0.29, 0.717) is 29.8 Å². The van der Waals surface area contributed by atoms with Gasteiger partial charge in [0.1, 0.15) is 5.69 Å². The SMILES string of the molecule is O=C(N[C@H]1CCn2nc(-c3ccnc(C(F)(F)F)c3)cc21)c1ccn2nccc2c1. The van der Waals surface area contributed by atoms with Crippen molar-refractivity contribution in [3.05, 3.63) is 71.9 Å². The normalized spacial score (nSPS) is 16.0. The molecule has 4 aromatic heterocycles. The first kappa shape index (κ1) is 18.3. The van der Waals surface area contributed by atoms with Crippen molar-refractivity contribution in [2.75, 3.05) is 0 Å². The standard InChI is InChI=1S/C20H15F3N6O/c21-20(22,23)18-10-12(1-5-24-18)16-11-17-15(4-8-29(17)27-16)26-19(30)13-3-7-28-14(9-13)2-6-25-28/h1-3,5-7,9-11,15H,4,8H2,(H,26,30)/t15-/m0/s1. The van der Waals surface area contributed by atoms with Crippen LogP contribution in [-0.4, -0.2) is 30.3 Å². The second-order valence-corrected chi connectivity index (χ2v) is 7.04. The molecule has 5 heterocycles. The van der Waals surface area contributed by atoms with E-state index in [9.17, 15) is 18.0 Å². The van der Waals surface area contributed by atoms with Crippen LogP contribution in [0.25, 0.3) is 16.8 Å². The molecule has 0 saturated heterocycles. The summed E-state index contributed by atoms with van der Waals surface area (Å²) in [5, 5.41) is 11.5. The third kappa shape index (κ3) is 3.19. The predicted octanol–water partition coefficient (Wildman–Crippen LogP) is 3.49. The minimum atomic E-state index is -4.52. The van der Waals surface area contributed by atoms with Gasteiger partial charge in [-0.25, -0.2) is 4.52 Å². The number of hydrogen-bond donors (Lipinski definition) is 1. The summed E-state index contributed by atoms with van der Waals surface area (Å²) in [6.45, 7) is 0.569. The highest BCUT2D eigenvalue weighted by atomic mass is 19.4. The maximum atomic E-state index is 12.9. The third-order valence-corrected chi connectivity index (χ3v) is 5.11. The minimum Gasteiger partial charge on any atom is -0.344 e. The molecule has 1 atom stereocenters. The number of nitrogens with one attached hydrogen (secondary N) is 1. The molecular formula is C20H15F3N6O. The first-order valence-corrected chi connectivity index (χ1v) is 9.24. The van der Waals surface area contributed by atoms with Crippen LogP contribution < -0.4 is 5.32 Å². The molecule has 152 valence electrons. The lowest BCUT2D eigenvalue weighted by Crippen LogP contribution is -2.27. The molecule has 0 bridgehead atoms. The Morgan fingerprint density at radius 1 is 1.13 bits per heavy atom. The minimum absolute atomic E-state index is 0.233. The van der Waals surface area contributed by atoms with E-state index in [1.165, 1.54) is 6.07 Å². The largest absolute Gasteiger partial charge is 0.433 e. The van der Waals surface area contributed by atoms with E-state index >= 15 is 0 Å². The molecule has 1 aliphatic rings. The Labute approximate surface area is 168 Å². The molecule has 0 unspecified atom stereocenters. The Morgan fingerprint density at radius 3 is 2.83 bits per heavy atom. The molecule has 7 nitrogen and oxygen atoms in total. The van der Waals surface area contributed by atoms with Gasteiger partial charge in [0.15, 0.2) is 0 Å². The average molecular weight is 412 g/mol. The third-order valence-electron chi connectivity index (χ3n) is 5.11. The zero-order chi connectivity index (χ0) is 20.9. The number of rotatable bonds is 3. The van der Waals surface area contributed by atoms with E-state index < -0.39 is 11.9 Å². The molecule has 0 radical (unpaired) electrons. The summed E-state index contributed by atoms with van der Waals surface area (Å²) in [7, 11) is 0. The molecule has 1 N–H and O–H groups in total. The molecular weight excluding hydrogens is 397 g/mol. The van der Waals surface area contributed by atoms with Gasteiger partial charge in [-0.3, -0.25) is 14.5 Å². The van der Waals surface area contributed by atoms with Crippen LogP contribution in [0.2, 0.25) is 0 Å². The van der Waals surface area contributed by atoms with Crippen molar-refractivity contribution in [2.45, 2.75) is 25.2 Å². The molecule has 0 aromatic carbocycles. The maximum Gasteiger partial charge on any atom is 0.433 e. The van der Waals surface area contributed by atoms with Crippen LogP contribution in [-0.2, 0) is 12.7 Å². The zero-order valence-electron chi connectivity index (χ0n) is 15.5. The quantitative estimate of drug-likeness (QED) is 0.559. The van der Waals surface area contributed by atoms with Crippen LogP contribution in [0, 0.1) is 0 Å². The van der Waals surface area contributed by atoms with Crippen LogP contribution in [0.5, 0.6) is 0 Å². The second kappa shape index (κ2) is 6.68. The number of pyridine rings is 2. The van der Waals surface area contributed by atoms with Crippen molar-refractivity contribution in [1.82, 2.24) is 29.7 Å². The zero-order valence-corrected chi connectivity index (χ0v) is 15.5. The number of hydrogen-bond acceptors (Lipinski definition) is 4. The summed E-state index contributed by atoms with van der Waals surface area (Å²) < 4.78 is 42.2. The van der Waals surface area contributed by atoms with E-state index in [1.807, 2.05) is 0 Å². The van der Waals surface area contributed by atoms with Gasteiger partial charge in [0, 0.05) is 36.3 Å². The molecule has 0 fully saturated rings. The van der Waals surface area contributed by atoms with Gasteiger partial charge in [-0.05, 0) is 42.8 Å². The Bertz CT molecular complexity index is 1260. The van der Waals surface area contributed by atoms with Gasteiger partial charge < -0.3 is 5.32 Å². The van der Waals surface area contributed by atoms with Gasteiger partial charge in [-0.15, -0.1) is 0 Å². The van der Waals surface area contributed by atoms with Crippen LogP contribution in [0.3, 0.4) is 0 Å². The first-order chi connectivity index (χ1) is 14.4. The topological polar surface area (TPSA) is 77.1 Å². The number of carbonyl (C=O) groups is 1. The van der Waals surface area contributed by atoms with Crippen molar-refractivity contribution < 1.29 is 18.0 Å². The summed E-state index contributed by atoms with van der Waals surface area (Å²) in [4.78, 5) is 16.1. The fourth-order valence-corrected chi connectivity index (χ4v) is 3.63. The monoisotopic (exact) mass is 412 g/mol. The van der Waals surface area contributed by atoms with E-state index in [0.717, 1.165) is 23.5 Å². The number of fused-ring (bicyclic) bond motifs is 2. The molecule has 0 spiro atoms. The van der Waals surface area contributed by atoms with Gasteiger partial charge in [-0.2, -0.15) is 23.4 Å². The summed E-state index contributed by atoms with van der Waals surface area (Å²) >= 11 is 0. The van der Waals surface area contributed by atoms with Crippen molar-refractivity contribution >= 4 is 11.4 Å². The second-order valence-electron chi connectivity index (χ2n) is 7.04. The Balaban J connectivity index is 1.38. The molecule has 5 rings (SSSR count). The molecule has 1 amide bonds. The fourth-order valence-electron chi connectivity index (χ4n) is 3.63. The number of alkyl halides is 3. The van der Waals surface area contributed by atoms with Crippen molar-refractivity contribution in [3.63, 3.8) is 0 Å². The number of amides is 1. The lowest BCUT2D eigenvalue weighted by atomic mass is 10.1. The molecule has 10 heteroatoms. The van der Waals surface area contributed by atoms with Gasteiger partial charge >= 0.3 is 6.18 Å². The molecule has 30 heavy (non-hydrogen) atoms. The van der Waals surface area contributed by atoms with Crippen molar-refractivity contribution in [2.24, 2.45) is 0 Å². The fraction of sp³-hybridized carbons (Fsp3) is 0.200. The van der Waals surface area contributed by atoms with E-state index in [4.69, 9.17) is 0 Å². The summed E-state index contributed by atoms with van der Waals surface area (Å²) in [5.74, 6) is -0.233. The number of aromatic nitrogens is 5. The van der Waals surface area contributed by atoms with Crippen LogP contribution >= 0.6 is 0 Å². The maximum absolute atomic E-state index is 12.9. The lowest BCUT2D eigenvalue weighted by molar-refractivity contribution is -0.141. The van der Waals surface area contributed by atoms with E-state index in [2.05, 4.69) is 20.5 Å². The number of carbonyl (C=O) groups excluding carboxylic acids is 1. The highest BCUT2D eigenvalue weighted by Crippen LogP contribution is 2.33. The molecule has 1 aliphatic heterocycles. The molecule has 4 aromatic rings. The van der Waals surface area contributed by atoms with E-state index in [1.54, 1.807) is 45.9 Å². The highest BCUT2D eigenvalue weighted by Gasteiger charge is 2.33. The van der Waals surface area contributed by atoms with Crippen LogP contribution in [0.4, 0.5) is 13.2 Å². The Morgan fingerprint density at radius 2 is 2.00 bits per heavy atom. The number of halogens is 3. The van der Waals surface area contributed by atoms with Gasteiger partial charge in [0.25, 0.3) is 5.91 Å².